The first-order valence-corrected chi connectivity index (χ1v) is 4.24. The largest absolute Gasteiger partial charge is 0.300 e. The number of hydrogen-bond donors (Lipinski definition) is 0. The van der Waals surface area contributed by atoms with E-state index in [9.17, 15) is 4.79 Å². The van der Waals surface area contributed by atoms with Crippen molar-refractivity contribution in [2.24, 2.45) is 11.8 Å². The van der Waals surface area contributed by atoms with E-state index in [0.717, 1.165) is 18.8 Å². The van der Waals surface area contributed by atoms with E-state index in [1.807, 2.05) is 0 Å². The predicted molar refractivity (Wildman–Crippen MR) is 41.8 cm³/mol. The summed E-state index contributed by atoms with van der Waals surface area (Å²) in [5.41, 5.74) is 0. The van der Waals surface area contributed by atoms with Gasteiger partial charge in [-0.3, -0.25) is 4.79 Å². The quantitative estimate of drug-likeness (QED) is 0.586. The van der Waals surface area contributed by atoms with Crippen LogP contribution in [0.3, 0.4) is 0 Å². The Bertz CT molecular complexity index is 125. The van der Waals surface area contributed by atoms with Crippen LogP contribution >= 0.6 is 0 Å². The lowest BCUT2D eigenvalue weighted by Crippen LogP contribution is -2.09. The Labute approximate surface area is 62.8 Å². The standard InChI is InChI=1S/C9H16O/c1-3-9(7(2)10)6-8-4-5-8/h8-9H,3-6H2,1-2H3. The molecular formula is C9H16O. The molecule has 0 aromatic heterocycles. The lowest BCUT2D eigenvalue weighted by Gasteiger charge is -2.08. The number of carbonyl (C=O) groups is 1. The Hall–Kier alpha value is -0.330. The minimum atomic E-state index is 0.368. The second kappa shape index (κ2) is 3.18. The van der Waals surface area contributed by atoms with Gasteiger partial charge < -0.3 is 0 Å². The highest BCUT2D eigenvalue weighted by Gasteiger charge is 2.26. The molecule has 1 fully saturated rings. The first-order chi connectivity index (χ1) is 4.74. The second-order valence-corrected chi connectivity index (χ2v) is 3.39. The Morgan fingerprint density at radius 1 is 1.60 bits per heavy atom. The van der Waals surface area contributed by atoms with Gasteiger partial charge in [0, 0.05) is 5.92 Å². The maximum Gasteiger partial charge on any atom is 0.132 e. The highest BCUT2D eigenvalue weighted by Crippen LogP contribution is 2.36. The van der Waals surface area contributed by atoms with Crippen molar-refractivity contribution in [2.75, 3.05) is 0 Å². The highest BCUT2D eigenvalue weighted by atomic mass is 16.1. The minimum Gasteiger partial charge on any atom is -0.300 e. The molecule has 0 N–H and O–H groups in total. The van der Waals surface area contributed by atoms with Gasteiger partial charge in [-0.05, 0) is 25.7 Å². The Kier molecular flexibility index (Phi) is 2.47. The van der Waals surface area contributed by atoms with Crippen LogP contribution in [0.2, 0.25) is 0 Å². The summed E-state index contributed by atoms with van der Waals surface area (Å²) in [5, 5.41) is 0. The van der Waals surface area contributed by atoms with Crippen LogP contribution in [-0.4, -0.2) is 5.78 Å². The lowest BCUT2D eigenvalue weighted by atomic mass is 9.96. The van der Waals surface area contributed by atoms with Crippen LogP contribution in [0.4, 0.5) is 0 Å². The van der Waals surface area contributed by atoms with Crippen LogP contribution in [0.1, 0.15) is 39.5 Å². The van der Waals surface area contributed by atoms with E-state index in [2.05, 4.69) is 6.92 Å². The van der Waals surface area contributed by atoms with Crippen molar-refractivity contribution >= 4 is 5.78 Å². The van der Waals surface area contributed by atoms with E-state index in [1.165, 1.54) is 12.8 Å². The van der Waals surface area contributed by atoms with Gasteiger partial charge in [0.1, 0.15) is 5.78 Å². The van der Waals surface area contributed by atoms with Crippen molar-refractivity contribution in [1.29, 1.82) is 0 Å². The smallest absolute Gasteiger partial charge is 0.132 e. The summed E-state index contributed by atoms with van der Waals surface area (Å²) in [4.78, 5) is 10.9. The second-order valence-electron chi connectivity index (χ2n) is 3.39. The summed E-state index contributed by atoms with van der Waals surface area (Å²) in [6.07, 6.45) is 4.92. The molecule has 1 nitrogen and oxygen atoms in total. The molecule has 0 radical (unpaired) electrons. The molecule has 1 unspecified atom stereocenters. The first-order valence-electron chi connectivity index (χ1n) is 4.24. The molecule has 0 aliphatic heterocycles. The summed E-state index contributed by atoms with van der Waals surface area (Å²) in [5.74, 6) is 1.65. The Balaban J connectivity index is 2.24. The van der Waals surface area contributed by atoms with Crippen molar-refractivity contribution < 1.29 is 4.79 Å². The van der Waals surface area contributed by atoms with Gasteiger partial charge in [0.05, 0.1) is 0 Å². The van der Waals surface area contributed by atoms with E-state index >= 15 is 0 Å². The number of rotatable bonds is 4. The summed E-state index contributed by atoms with van der Waals surface area (Å²) >= 11 is 0. The highest BCUT2D eigenvalue weighted by molar-refractivity contribution is 5.78. The third-order valence-corrected chi connectivity index (χ3v) is 2.38. The summed E-state index contributed by atoms with van der Waals surface area (Å²) < 4.78 is 0. The normalized spacial score (nSPS) is 20.6. The van der Waals surface area contributed by atoms with E-state index in [1.54, 1.807) is 6.92 Å². The van der Waals surface area contributed by atoms with Crippen LogP contribution in [0.5, 0.6) is 0 Å². The van der Waals surface area contributed by atoms with Gasteiger partial charge in [-0.1, -0.05) is 19.8 Å². The van der Waals surface area contributed by atoms with Gasteiger partial charge in [-0.25, -0.2) is 0 Å². The van der Waals surface area contributed by atoms with Gasteiger partial charge in [-0.2, -0.15) is 0 Å². The maximum atomic E-state index is 10.9. The van der Waals surface area contributed by atoms with Gasteiger partial charge >= 0.3 is 0 Å². The zero-order valence-corrected chi connectivity index (χ0v) is 6.89. The lowest BCUT2D eigenvalue weighted by molar-refractivity contribution is -0.121. The van der Waals surface area contributed by atoms with Crippen molar-refractivity contribution in [2.45, 2.75) is 39.5 Å². The fourth-order valence-electron chi connectivity index (χ4n) is 1.38. The van der Waals surface area contributed by atoms with Crippen molar-refractivity contribution in [3.63, 3.8) is 0 Å². The number of hydrogen-bond acceptors (Lipinski definition) is 1. The topological polar surface area (TPSA) is 17.1 Å². The average molecular weight is 140 g/mol. The molecule has 0 bridgehead atoms. The number of ketones is 1. The van der Waals surface area contributed by atoms with Crippen LogP contribution < -0.4 is 0 Å². The zero-order valence-electron chi connectivity index (χ0n) is 6.89. The van der Waals surface area contributed by atoms with Crippen LogP contribution in [0.25, 0.3) is 0 Å². The predicted octanol–water partition coefficient (Wildman–Crippen LogP) is 2.40. The van der Waals surface area contributed by atoms with Crippen LogP contribution in [-0.2, 0) is 4.79 Å². The SMILES string of the molecule is CCC(CC1CC1)C(C)=O. The summed E-state index contributed by atoms with van der Waals surface area (Å²) in [7, 11) is 0. The molecule has 1 aliphatic carbocycles. The molecule has 0 aromatic rings. The van der Waals surface area contributed by atoms with Gasteiger partial charge in [0.25, 0.3) is 0 Å². The third-order valence-electron chi connectivity index (χ3n) is 2.38. The van der Waals surface area contributed by atoms with Gasteiger partial charge in [0.2, 0.25) is 0 Å². The van der Waals surface area contributed by atoms with E-state index in [-0.39, 0.29) is 0 Å². The fourth-order valence-corrected chi connectivity index (χ4v) is 1.38. The number of carbonyl (C=O) groups excluding carboxylic acids is 1. The Morgan fingerprint density at radius 2 is 2.20 bits per heavy atom. The fraction of sp³-hybridized carbons (Fsp3) is 0.889. The molecule has 58 valence electrons. The van der Waals surface area contributed by atoms with Crippen molar-refractivity contribution in [3.8, 4) is 0 Å². The Morgan fingerprint density at radius 3 is 2.50 bits per heavy atom. The maximum absolute atomic E-state index is 10.9. The van der Waals surface area contributed by atoms with Crippen LogP contribution in [0, 0.1) is 11.8 Å². The molecule has 0 saturated heterocycles. The molecule has 1 heteroatoms. The number of Topliss-reactive ketones (excluding diaryl/α,β-unsaturated/α-hetero) is 1. The molecule has 1 saturated carbocycles. The van der Waals surface area contributed by atoms with Gasteiger partial charge in [-0.15, -0.1) is 0 Å². The molecule has 0 spiro atoms. The molecule has 0 aromatic carbocycles. The zero-order chi connectivity index (χ0) is 7.56. The van der Waals surface area contributed by atoms with Crippen LogP contribution in [0.15, 0.2) is 0 Å². The summed E-state index contributed by atoms with van der Waals surface area (Å²) in [6, 6.07) is 0. The molecule has 1 aliphatic rings. The monoisotopic (exact) mass is 140 g/mol. The molecule has 1 atom stereocenters. The van der Waals surface area contributed by atoms with E-state index < -0.39 is 0 Å². The van der Waals surface area contributed by atoms with Crippen molar-refractivity contribution in [3.05, 3.63) is 0 Å². The van der Waals surface area contributed by atoms with E-state index in [0.29, 0.717) is 11.7 Å². The molecule has 1 rings (SSSR count). The van der Waals surface area contributed by atoms with Crippen molar-refractivity contribution in [1.82, 2.24) is 0 Å². The third kappa shape index (κ3) is 2.13. The minimum absolute atomic E-state index is 0.368. The molecule has 0 heterocycles. The van der Waals surface area contributed by atoms with E-state index in [4.69, 9.17) is 0 Å². The molecular weight excluding hydrogens is 124 g/mol. The first kappa shape index (κ1) is 7.77. The van der Waals surface area contributed by atoms with Gasteiger partial charge in [0.15, 0.2) is 0 Å². The molecule has 10 heavy (non-hydrogen) atoms. The summed E-state index contributed by atoms with van der Waals surface area (Å²) in [6.45, 7) is 3.82. The molecule has 0 amide bonds. The average Bonchev–Trinajstić information content (AvgIpc) is 2.64.